The van der Waals surface area contributed by atoms with Gasteiger partial charge in [0.05, 0.1) is 18.7 Å². The number of carbonyl (C=O) groups excluding carboxylic acids is 2. The van der Waals surface area contributed by atoms with E-state index in [0.29, 0.717) is 0 Å². The van der Waals surface area contributed by atoms with Crippen LogP contribution >= 0.6 is 0 Å². The zero-order valence-corrected chi connectivity index (χ0v) is 8.99. The maximum Gasteiger partial charge on any atom is 0.416 e. The van der Waals surface area contributed by atoms with Crippen molar-refractivity contribution in [2.45, 2.75) is 19.3 Å². The van der Waals surface area contributed by atoms with Crippen LogP contribution in [0.4, 0.5) is 13.2 Å². The van der Waals surface area contributed by atoms with Crippen LogP contribution in [0, 0.1) is 0 Å². The fraction of sp³-hybridized carbons (Fsp3) is 0.273. The molecular weight excluding hydrogens is 249 g/mol. The molecule has 1 aromatic rings. The average Bonchev–Trinajstić information content (AvgIpc) is 2.33. The molecule has 0 saturated carbocycles. The molecule has 0 saturated heterocycles. The number of aliphatic imine (C=N–C) groups is 2. The summed E-state index contributed by atoms with van der Waals surface area (Å²) in [4.78, 5) is 26.1. The standard InChI is InChI=1S/C11H7F3N2O2/c12-11(13,14)10-3-8(4-15-6-17)1-2-9(10)5-16-7-18/h1-3H,4-5H2. The Hall–Kier alpha value is -2.23. The van der Waals surface area contributed by atoms with Gasteiger partial charge in [-0.2, -0.15) is 13.2 Å². The first kappa shape index (κ1) is 13.8. The number of isocyanates is 2. The van der Waals surface area contributed by atoms with Crippen LogP contribution in [-0.2, 0) is 28.9 Å². The van der Waals surface area contributed by atoms with Crippen LogP contribution in [0.15, 0.2) is 28.2 Å². The Balaban J connectivity index is 3.19. The van der Waals surface area contributed by atoms with Gasteiger partial charge in [0.25, 0.3) is 0 Å². The number of rotatable bonds is 4. The molecule has 1 aromatic carbocycles. The summed E-state index contributed by atoms with van der Waals surface area (Å²) in [5.41, 5.74) is -0.811. The highest BCUT2D eigenvalue weighted by Crippen LogP contribution is 2.33. The normalized spacial score (nSPS) is 10.4. The third-order valence-electron chi connectivity index (χ3n) is 2.12. The van der Waals surface area contributed by atoms with E-state index in [0.717, 1.165) is 6.07 Å². The number of hydrogen-bond donors (Lipinski definition) is 0. The van der Waals surface area contributed by atoms with Crippen molar-refractivity contribution in [3.05, 3.63) is 34.9 Å². The van der Waals surface area contributed by atoms with E-state index >= 15 is 0 Å². The van der Waals surface area contributed by atoms with Crippen molar-refractivity contribution in [2.24, 2.45) is 9.98 Å². The van der Waals surface area contributed by atoms with Crippen molar-refractivity contribution in [3.8, 4) is 0 Å². The predicted octanol–water partition coefficient (Wildman–Crippen LogP) is 2.38. The molecule has 0 aliphatic carbocycles. The van der Waals surface area contributed by atoms with Gasteiger partial charge in [-0.15, -0.1) is 0 Å². The smallest absolute Gasteiger partial charge is 0.211 e. The molecule has 7 heteroatoms. The number of hydrogen-bond acceptors (Lipinski definition) is 4. The van der Waals surface area contributed by atoms with Crippen LogP contribution in [0.1, 0.15) is 16.7 Å². The minimum Gasteiger partial charge on any atom is -0.211 e. The van der Waals surface area contributed by atoms with E-state index in [1.54, 1.807) is 0 Å². The lowest BCUT2D eigenvalue weighted by molar-refractivity contribution is -0.138. The minimum atomic E-state index is -4.56. The van der Waals surface area contributed by atoms with E-state index in [4.69, 9.17) is 0 Å². The van der Waals surface area contributed by atoms with E-state index in [1.165, 1.54) is 24.3 Å². The van der Waals surface area contributed by atoms with Crippen LogP contribution in [0.2, 0.25) is 0 Å². The zero-order chi connectivity index (χ0) is 13.6. The molecule has 18 heavy (non-hydrogen) atoms. The van der Waals surface area contributed by atoms with E-state index in [9.17, 15) is 22.8 Å². The van der Waals surface area contributed by atoms with Crippen molar-refractivity contribution >= 4 is 12.2 Å². The molecule has 0 atom stereocenters. The molecule has 0 amide bonds. The highest BCUT2D eigenvalue weighted by atomic mass is 19.4. The van der Waals surface area contributed by atoms with E-state index in [2.05, 4.69) is 9.98 Å². The molecule has 0 bridgehead atoms. The summed E-state index contributed by atoms with van der Waals surface area (Å²) in [5.74, 6) is 0. The molecule has 4 nitrogen and oxygen atoms in total. The second kappa shape index (κ2) is 5.91. The summed E-state index contributed by atoms with van der Waals surface area (Å²) < 4.78 is 38.2. The maximum atomic E-state index is 12.7. The molecule has 0 unspecified atom stereocenters. The van der Waals surface area contributed by atoms with Gasteiger partial charge in [0, 0.05) is 0 Å². The Morgan fingerprint density at radius 3 is 2.22 bits per heavy atom. The van der Waals surface area contributed by atoms with Crippen LogP contribution in [-0.4, -0.2) is 12.2 Å². The van der Waals surface area contributed by atoms with Crippen LogP contribution in [0.25, 0.3) is 0 Å². The summed E-state index contributed by atoms with van der Waals surface area (Å²) in [6.07, 6.45) is -2.13. The summed E-state index contributed by atoms with van der Waals surface area (Å²) >= 11 is 0. The third-order valence-corrected chi connectivity index (χ3v) is 2.12. The summed E-state index contributed by atoms with van der Waals surface area (Å²) in [6, 6.07) is 3.45. The Labute approximate surface area is 99.9 Å². The Morgan fingerprint density at radius 2 is 1.67 bits per heavy atom. The highest BCUT2D eigenvalue weighted by molar-refractivity contribution is 5.39. The molecule has 0 aliphatic heterocycles. The fourth-order valence-electron chi connectivity index (χ4n) is 1.36. The lowest BCUT2D eigenvalue weighted by Crippen LogP contribution is -2.09. The molecular formula is C11H7F3N2O2. The van der Waals surface area contributed by atoms with Crippen molar-refractivity contribution in [2.75, 3.05) is 0 Å². The number of alkyl halides is 3. The van der Waals surface area contributed by atoms with E-state index in [1.807, 2.05) is 0 Å². The fourth-order valence-corrected chi connectivity index (χ4v) is 1.36. The lowest BCUT2D eigenvalue weighted by Gasteiger charge is -2.12. The van der Waals surface area contributed by atoms with Gasteiger partial charge in [0.15, 0.2) is 0 Å². The zero-order valence-electron chi connectivity index (χ0n) is 8.99. The van der Waals surface area contributed by atoms with Gasteiger partial charge in [-0.25, -0.2) is 19.6 Å². The van der Waals surface area contributed by atoms with Crippen LogP contribution < -0.4 is 0 Å². The Morgan fingerprint density at radius 1 is 1.06 bits per heavy atom. The van der Waals surface area contributed by atoms with Gasteiger partial charge in [-0.05, 0) is 17.2 Å². The molecule has 0 N–H and O–H groups in total. The number of nitrogens with zero attached hydrogens (tertiary/aromatic N) is 2. The van der Waals surface area contributed by atoms with E-state index < -0.39 is 18.3 Å². The monoisotopic (exact) mass is 256 g/mol. The van der Waals surface area contributed by atoms with Crippen LogP contribution in [0.5, 0.6) is 0 Å². The third kappa shape index (κ3) is 3.66. The Bertz CT molecular complexity index is 528. The summed E-state index contributed by atoms with van der Waals surface area (Å²) in [6.45, 7) is -0.570. The quantitative estimate of drug-likeness (QED) is 0.613. The second-order valence-electron chi connectivity index (χ2n) is 3.30. The molecule has 0 aromatic heterocycles. The number of benzene rings is 1. The average molecular weight is 256 g/mol. The lowest BCUT2D eigenvalue weighted by atomic mass is 10.0. The van der Waals surface area contributed by atoms with Gasteiger partial charge in [0.2, 0.25) is 12.2 Å². The number of halogens is 3. The first-order chi connectivity index (χ1) is 8.49. The molecule has 0 spiro atoms. The van der Waals surface area contributed by atoms with Crippen molar-refractivity contribution in [1.29, 1.82) is 0 Å². The molecule has 0 fully saturated rings. The first-order valence-electron chi connectivity index (χ1n) is 4.75. The molecule has 1 rings (SSSR count). The first-order valence-corrected chi connectivity index (χ1v) is 4.75. The topological polar surface area (TPSA) is 58.9 Å². The molecule has 94 valence electrons. The summed E-state index contributed by atoms with van der Waals surface area (Å²) in [7, 11) is 0. The second-order valence-corrected chi connectivity index (χ2v) is 3.30. The van der Waals surface area contributed by atoms with Gasteiger partial charge in [-0.3, -0.25) is 0 Å². The van der Waals surface area contributed by atoms with Crippen molar-refractivity contribution in [3.63, 3.8) is 0 Å². The molecule has 0 aliphatic rings. The van der Waals surface area contributed by atoms with Gasteiger partial charge in [0.1, 0.15) is 0 Å². The maximum absolute atomic E-state index is 12.7. The Kier molecular flexibility index (Phi) is 4.54. The van der Waals surface area contributed by atoms with Crippen molar-refractivity contribution in [1.82, 2.24) is 0 Å². The molecule has 0 radical (unpaired) electrons. The van der Waals surface area contributed by atoms with Gasteiger partial charge >= 0.3 is 6.18 Å². The van der Waals surface area contributed by atoms with E-state index in [-0.39, 0.29) is 17.7 Å². The van der Waals surface area contributed by atoms with Crippen LogP contribution in [0.3, 0.4) is 0 Å². The minimum absolute atomic E-state index is 0.135. The van der Waals surface area contributed by atoms with Crippen molar-refractivity contribution < 1.29 is 22.8 Å². The largest absolute Gasteiger partial charge is 0.416 e. The SMILES string of the molecule is O=C=NCc1ccc(CN=C=O)c(C(F)(F)F)c1. The van der Waals surface area contributed by atoms with Gasteiger partial charge < -0.3 is 0 Å². The van der Waals surface area contributed by atoms with Gasteiger partial charge in [-0.1, -0.05) is 12.1 Å². The summed E-state index contributed by atoms with van der Waals surface area (Å²) in [5, 5.41) is 0. The predicted molar refractivity (Wildman–Crippen MR) is 55.1 cm³/mol. The molecule has 0 heterocycles. The highest BCUT2D eigenvalue weighted by Gasteiger charge is 2.33.